The van der Waals surface area contributed by atoms with Gasteiger partial charge >= 0.3 is 0 Å². The summed E-state index contributed by atoms with van der Waals surface area (Å²) in [5.74, 6) is 2.46. The number of nitrogens with zero attached hydrogens (tertiary/aromatic N) is 1. The number of likely N-dealkylation sites (tertiary alicyclic amines) is 1. The average Bonchev–Trinajstić information content (AvgIpc) is 2.96. The standard InChI is InChI=1S/C21H35N3/c1-16-3-4-19-20(13-16)23-15-21(19)8-12-24(14-17(21)2)11-7-18-5-9-22-10-6-18/h3-4,13,17-20,22-23H,5-12,14-15H2,1-2H3/t17-,19?,20?,21+/m0/s1. The zero-order chi connectivity index (χ0) is 16.6. The maximum atomic E-state index is 3.83. The van der Waals surface area contributed by atoms with Crippen molar-refractivity contribution in [2.75, 3.05) is 39.3 Å². The molecular formula is C21H35N3. The predicted octanol–water partition coefficient (Wildman–Crippen LogP) is 2.81. The van der Waals surface area contributed by atoms with Crippen LogP contribution < -0.4 is 10.6 Å². The fourth-order valence-electron chi connectivity index (χ4n) is 5.75. The molecule has 24 heavy (non-hydrogen) atoms. The number of nitrogens with one attached hydrogen (secondary N) is 2. The van der Waals surface area contributed by atoms with Crippen LogP contribution in [0.1, 0.15) is 39.5 Å². The number of rotatable bonds is 3. The fourth-order valence-corrected chi connectivity index (χ4v) is 5.75. The summed E-state index contributed by atoms with van der Waals surface area (Å²) < 4.78 is 0. The van der Waals surface area contributed by atoms with Gasteiger partial charge in [0.25, 0.3) is 0 Å². The third-order valence-corrected chi connectivity index (χ3v) is 7.45. The molecule has 4 aliphatic rings. The monoisotopic (exact) mass is 329 g/mol. The van der Waals surface area contributed by atoms with E-state index >= 15 is 0 Å². The Labute approximate surface area is 147 Å². The highest BCUT2D eigenvalue weighted by Crippen LogP contribution is 2.49. The quantitative estimate of drug-likeness (QED) is 0.834. The molecule has 2 N–H and O–H groups in total. The van der Waals surface area contributed by atoms with E-state index in [-0.39, 0.29) is 0 Å². The van der Waals surface area contributed by atoms with Gasteiger partial charge in [-0.05, 0) is 76.0 Å². The van der Waals surface area contributed by atoms with Gasteiger partial charge in [-0.15, -0.1) is 0 Å². The molecule has 4 atom stereocenters. The molecule has 3 aliphatic heterocycles. The van der Waals surface area contributed by atoms with Crippen LogP contribution in [0.25, 0.3) is 0 Å². The highest BCUT2D eigenvalue weighted by molar-refractivity contribution is 5.30. The molecule has 3 nitrogen and oxygen atoms in total. The molecule has 2 unspecified atom stereocenters. The first kappa shape index (κ1) is 16.8. The lowest BCUT2D eigenvalue weighted by Crippen LogP contribution is -2.50. The van der Waals surface area contributed by atoms with Gasteiger partial charge in [-0.25, -0.2) is 0 Å². The van der Waals surface area contributed by atoms with Gasteiger partial charge in [-0.2, -0.15) is 0 Å². The van der Waals surface area contributed by atoms with Crippen LogP contribution in [0.15, 0.2) is 23.8 Å². The Balaban J connectivity index is 1.34. The van der Waals surface area contributed by atoms with Gasteiger partial charge < -0.3 is 15.5 Å². The molecule has 1 spiro atoms. The molecule has 3 heteroatoms. The summed E-state index contributed by atoms with van der Waals surface area (Å²) >= 11 is 0. The smallest absolute Gasteiger partial charge is 0.0324 e. The van der Waals surface area contributed by atoms with E-state index in [1.807, 2.05) is 0 Å². The van der Waals surface area contributed by atoms with Crippen LogP contribution in [0.2, 0.25) is 0 Å². The van der Waals surface area contributed by atoms with E-state index in [4.69, 9.17) is 0 Å². The first-order valence-electron chi connectivity index (χ1n) is 10.2. The van der Waals surface area contributed by atoms with Gasteiger partial charge in [-0.3, -0.25) is 0 Å². The van der Waals surface area contributed by atoms with Crippen LogP contribution in [0.4, 0.5) is 0 Å². The molecule has 3 saturated heterocycles. The summed E-state index contributed by atoms with van der Waals surface area (Å²) in [4.78, 5) is 2.76. The van der Waals surface area contributed by atoms with Crippen molar-refractivity contribution in [2.24, 2.45) is 23.2 Å². The lowest BCUT2D eigenvalue weighted by molar-refractivity contribution is 0.0306. The summed E-state index contributed by atoms with van der Waals surface area (Å²) in [5, 5.41) is 7.32. The fraction of sp³-hybridized carbons (Fsp3) is 0.810. The number of fused-ring (bicyclic) bond motifs is 2. The molecule has 0 saturated carbocycles. The first-order chi connectivity index (χ1) is 11.7. The molecule has 134 valence electrons. The minimum absolute atomic E-state index is 0.490. The SMILES string of the molecule is CC1=CC2NC[C@@]3(CCN(CCC4CCNCC4)C[C@@H]3C)C2C=C1. The second kappa shape index (κ2) is 6.93. The Kier molecular flexibility index (Phi) is 4.86. The second-order valence-electron chi connectivity index (χ2n) is 8.87. The summed E-state index contributed by atoms with van der Waals surface area (Å²) in [6.07, 6.45) is 12.9. The largest absolute Gasteiger partial charge is 0.317 e. The van der Waals surface area contributed by atoms with Crippen molar-refractivity contribution in [3.63, 3.8) is 0 Å². The van der Waals surface area contributed by atoms with E-state index in [1.54, 1.807) is 0 Å². The average molecular weight is 330 g/mol. The van der Waals surface area contributed by atoms with Crippen molar-refractivity contribution >= 4 is 0 Å². The summed E-state index contributed by atoms with van der Waals surface area (Å²) in [5.41, 5.74) is 1.91. The number of hydrogen-bond acceptors (Lipinski definition) is 3. The zero-order valence-corrected chi connectivity index (χ0v) is 15.6. The molecule has 0 aromatic carbocycles. The third-order valence-electron chi connectivity index (χ3n) is 7.45. The predicted molar refractivity (Wildman–Crippen MR) is 101 cm³/mol. The molecule has 3 fully saturated rings. The molecule has 3 heterocycles. The minimum atomic E-state index is 0.490. The van der Waals surface area contributed by atoms with Gasteiger partial charge in [0.05, 0.1) is 0 Å². The molecule has 0 aromatic heterocycles. The van der Waals surface area contributed by atoms with E-state index in [0.717, 1.165) is 11.8 Å². The zero-order valence-electron chi connectivity index (χ0n) is 15.6. The Morgan fingerprint density at radius 2 is 2.12 bits per heavy atom. The van der Waals surface area contributed by atoms with Gasteiger partial charge in [0.2, 0.25) is 0 Å². The van der Waals surface area contributed by atoms with Crippen molar-refractivity contribution in [3.05, 3.63) is 23.8 Å². The van der Waals surface area contributed by atoms with Crippen LogP contribution in [0, 0.1) is 23.2 Å². The van der Waals surface area contributed by atoms with Crippen molar-refractivity contribution in [1.29, 1.82) is 0 Å². The molecular weight excluding hydrogens is 294 g/mol. The van der Waals surface area contributed by atoms with Crippen LogP contribution in [0.3, 0.4) is 0 Å². The molecule has 0 amide bonds. The Hall–Kier alpha value is -0.640. The van der Waals surface area contributed by atoms with Crippen LogP contribution >= 0.6 is 0 Å². The van der Waals surface area contributed by atoms with E-state index < -0.39 is 0 Å². The number of allylic oxidation sites excluding steroid dienone is 2. The second-order valence-corrected chi connectivity index (χ2v) is 8.87. The molecule has 1 aliphatic carbocycles. The highest BCUT2D eigenvalue weighted by atomic mass is 15.1. The molecule has 0 aromatic rings. The lowest BCUT2D eigenvalue weighted by atomic mass is 9.62. The Morgan fingerprint density at radius 1 is 1.29 bits per heavy atom. The minimum Gasteiger partial charge on any atom is -0.317 e. The van der Waals surface area contributed by atoms with Crippen molar-refractivity contribution in [1.82, 2.24) is 15.5 Å². The van der Waals surface area contributed by atoms with Crippen LogP contribution in [0.5, 0.6) is 0 Å². The first-order valence-corrected chi connectivity index (χ1v) is 10.2. The van der Waals surface area contributed by atoms with Crippen molar-refractivity contribution in [2.45, 2.75) is 45.6 Å². The topological polar surface area (TPSA) is 27.3 Å². The van der Waals surface area contributed by atoms with Crippen LogP contribution in [-0.2, 0) is 0 Å². The normalized spacial score (nSPS) is 40.8. The summed E-state index contributed by atoms with van der Waals surface area (Å²) in [6, 6.07) is 0.582. The maximum Gasteiger partial charge on any atom is 0.0324 e. The van der Waals surface area contributed by atoms with Crippen LogP contribution in [-0.4, -0.2) is 50.2 Å². The highest BCUT2D eigenvalue weighted by Gasteiger charge is 2.51. The van der Waals surface area contributed by atoms with Gasteiger partial charge in [0.1, 0.15) is 0 Å². The Morgan fingerprint density at radius 3 is 2.92 bits per heavy atom. The van der Waals surface area contributed by atoms with E-state index in [2.05, 4.69) is 47.6 Å². The lowest BCUT2D eigenvalue weighted by Gasteiger charge is -2.48. The molecule has 4 rings (SSSR count). The van der Waals surface area contributed by atoms with Gasteiger partial charge in [-0.1, -0.05) is 30.7 Å². The van der Waals surface area contributed by atoms with E-state index in [0.29, 0.717) is 17.4 Å². The van der Waals surface area contributed by atoms with Crippen molar-refractivity contribution < 1.29 is 0 Å². The third kappa shape index (κ3) is 3.11. The maximum absolute atomic E-state index is 3.83. The van der Waals surface area contributed by atoms with Crippen molar-refractivity contribution in [3.8, 4) is 0 Å². The molecule has 0 radical (unpaired) electrons. The molecule has 0 bridgehead atoms. The summed E-state index contributed by atoms with van der Waals surface area (Å²) in [7, 11) is 0. The van der Waals surface area contributed by atoms with E-state index in [1.165, 1.54) is 70.5 Å². The van der Waals surface area contributed by atoms with Gasteiger partial charge in [0, 0.05) is 25.0 Å². The summed E-state index contributed by atoms with van der Waals surface area (Å²) in [6.45, 7) is 12.3. The number of hydrogen-bond donors (Lipinski definition) is 2. The van der Waals surface area contributed by atoms with Gasteiger partial charge in [0.15, 0.2) is 0 Å². The Bertz CT molecular complexity index is 505. The number of piperidine rings is 2. The van der Waals surface area contributed by atoms with E-state index in [9.17, 15) is 0 Å².